The van der Waals surface area contributed by atoms with E-state index in [0.717, 1.165) is 56.5 Å². The fourth-order valence-corrected chi connectivity index (χ4v) is 4.61. The number of aliphatic carboxylic acids is 1. The molecule has 1 saturated carbocycles. The van der Waals surface area contributed by atoms with Gasteiger partial charge in [0.1, 0.15) is 12.4 Å². The largest absolute Gasteiger partial charge is 0.494 e. The summed E-state index contributed by atoms with van der Waals surface area (Å²) in [4.78, 5) is 13.7. The maximum atomic E-state index is 13.6. The van der Waals surface area contributed by atoms with E-state index in [4.69, 9.17) is 4.74 Å². The highest BCUT2D eigenvalue weighted by Gasteiger charge is 2.51. The van der Waals surface area contributed by atoms with Crippen LogP contribution < -0.4 is 0 Å². The number of ether oxygens (including phenoxy) is 1. The molecule has 30 heavy (non-hydrogen) atoms. The molecule has 0 bridgehead atoms. The van der Waals surface area contributed by atoms with Crippen molar-refractivity contribution in [2.45, 2.75) is 58.5 Å². The molecule has 0 aromatic heterocycles. The highest BCUT2D eigenvalue weighted by molar-refractivity contribution is 5.78. The molecule has 3 aliphatic rings. The Bertz CT molecular complexity index is 788. The summed E-state index contributed by atoms with van der Waals surface area (Å²) in [7, 11) is 0. The number of halogens is 1. The van der Waals surface area contributed by atoms with E-state index in [-0.39, 0.29) is 5.82 Å². The third-order valence-corrected chi connectivity index (χ3v) is 6.75. The number of carboxylic acid groups (broad SMARTS) is 1. The number of rotatable bonds is 4. The normalized spacial score (nSPS) is 23.7. The lowest BCUT2D eigenvalue weighted by Crippen LogP contribution is -2.41. The van der Waals surface area contributed by atoms with Gasteiger partial charge in [0.15, 0.2) is 0 Å². The van der Waals surface area contributed by atoms with Crippen LogP contribution in [0.5, 0.6) is 0 Å². The summed E-state index contributed by atoms with van der Waals surface area (Å²) < 4.78 is 19.3. The maximum absolute atomic E-state index is 13.6. The molecule has 1 N–H and O–H groups in total. The molecule has 2 aliphatic heterocycles. The van der Waals surface area contributed by atoms with Gasteiger partial charge in [0.05, 0.1) is 11.2 Å². The van der Waals surface area contributed by atoms with Crippen LogP contribution in [0.4, 0.5) is 4.39 Å². The van der Waals surface area contributed by atoms with Crippen molar-refractivity contribution in [1.29, 1.82) is 0 Å². The first kappa shape index (κ1) is 22.5. The highest BCUT2D eigenvalue weighted by Crippen LogP contribution is 2.47. The molecule has 1 aromatic rings. The zero-order valence-electron chi connectivity index (χ0n) is 18.2. The van der Waals surface area contributed by atoms with Crippen LogP contribution in [-0.4, -0.2) is 35.6 Å². The molecule has 2 fully saturated rings. The van der Waals surface area contributed by atoms with E-state index in [9.17, 15) is 14.3 Å². The molecule has 0 amide bonds. The number of allylic oxidation sites excluding steroid dienone is 3. The Kier molecular flexibility index (Phi) is 7.35. The SMILES string of the molecule is C/C=C\C.C=C1CC(C2CCN(CC3(C(=O)O)CC3)CC2)c2ccc(F)cc2CO1. The van der Waals surface area contributed by atoms with Crippen LogP contribution in [0.15, 0.2) is 42.7 Å². The molecule has 0 radical (unpaired) electrons. The summed E-state index contributed by atoms with van der Waals surface area (Å²) in [6.45, 7) is 11.0. The number of nitrogens with zero attached hydrogens (tertiary/aromatic N) is 1. The molecule has 1 saturated heterocycles. The summed E-state index contributed by atoms with van der Waals surface area (Å²) in [5.41, 5.74) is 1.63. The zero-order chi connectivity index (χ0) is 21.7. The monoisotopic (exact) mass is 415 g/mol. The molecule has 4 rings (SSSR count). The fraction of sp³-hybridized carbons (Fsp3) is 0.560. The second-order valence-electron chi connectivity index (χ2n) is 8.85. The van der Waals surface area contributed by atoms with Gasteiger partial charge in [-0.2, -0.15) is 0 Å². The van der Waals surface area contributed by atoms with E-state index >= 15 is 0 Å². The van der Waals surface area contributed by atoms with Gasteiger partial charge in [-0.1, -0.05) is 24.8 Å². The summed E-state index contributed by atoms with van der Waals surface area (Å²) in [6, 6.07) is 5.03. The number of piperidine rings is 1. The number of hydrogen-bond donors (Lipinski definition) is 1. The van der Waals surface area contributed by atoms with Gasteiger partial charge in [-0.05, 0) is 87.7 Å². The lowest BCUT2D eigenvalue weighted by Gasteiger charge is -2.37. The lowest BCUT2D eigenvalue weighted by atomic mass is 9.76. The second kappa shape index (κ2) is 9.78. The van der Waals surface area contributed by atoms with E-state index in [1.807, 2.05) is 32.1 Å². The minimum atomic E-state index is -0.646. The molecule has 1 unspecified atom stereocenters. The number of fused-ring (bicyclic) bond motifs is 1. The van der Waals surface area contributed by atoms with E-state index in [2.05, 4.69) is 11.5 Å². The molecule has 0 spiro atoms. The Morgan fingerprint density at radius 3 is 2.53 bits per heavy atom. The number of carbonyl (C=O) groups is 1. The van der Waals surface area contributed by atoms with Crippen molar-refractivity contribution >= 4 is 5.97 Å². The number of benzene rings is 1. The highest BCUT2D eigenvalue weighted by atomic mass is 19.1. The first-order valence-electron chi connectivity index (χ1n) is 11.0. The van der Waals surface area contributed by atoms with E-state index in [1.54, 1.807) is 12.1 Å². The summed E-state index contributed by atoms with van der Waals surface area (Å²) in [6.07, 6.45) is 8.46. The van der Waals surface area contributed by atoms with Crippen LogP contribution in [0.3, 0.4) is 0 Å². The number of carboxylic acids is 1. The van der Waals surface area contributed by atoms with Gasteiger partial charge in [0.25, 0.3) is 0 Å². The zero-order valence-corrected chi connectivity index (χ0v) is 18.2. The van der Waals surface area contributed by atoms with Crippen molar-refractivity contribution in [2.75, 3.05) is 19.6 Å². The lowest BCUT2D eigenvalue weighted by molar-refractivity contribution is -0.144. The number of likely N-dealkylation sites (tertiary alicyclic amines) is 1. The molecule has 2 heterocycles. The Morgan fingerprint density at radius 2 is 1.97 bits per heavy atom. The third-order valence-electron chi connectivity index (χ3n) is 6.75. The van der Waals surface area contributed by atoms with Gasteiger partial charge < -0.3 is 14.7 Å². The van der Waals surface area contributed by atoms with E-state index in [1.165, 1.54) is 5.56 Å². The predicted octanol–water partition coefficient (Wildman–Crippen LogP) is 5.50. The van der Waals surface area contributed by atoms with Gasteiger partial charge in [-0.25, -0.2) is 4.39 Å². The van der Waals surface area contributed by atoms with Crippen molar-refractivity contribution in [1.82, 2.24) is 4.90 Å². The average Bonchev–Trinajstić information content (AvgIpc) is 3.54. The van der Waals surface area contributed by atoms with Gasteiger partial charge in [0.2, 0.25) is 0 Å². The van der Waals surface area contributed by atoms with Crippen LogP contribution in [0.2, 0.25) is 0 Å². The summed E-state index contributed by atoms with van der Waals surface area (Å²) in [5, 5.41) is 9.40. The molecule has 1 aromatic carbocycles. The van der Waals surface area contributed by atoms with Gasteiger partial charge >= 0.3 is 5.97 Å². The summed E-state index contributed by atoms with van der Waals surface area (Å²) in [5.74, 6) is 0.701. The molecule has 5 heteroatoms. The summed E-state index contributed by atoms with van der Waals surface area (Å²) >= 11 is 0. The molecule has 1 atom stereocenters. The minimum absolute atomic E-state index is 0.225. The number of hydrogen-bond acceptors (Lipinski definition) is 3. The van der Waals surface area contributed by atoms with Crippen molar-refractivity contribution < 1.29 is 19.0 Å². The van der Waals surface area contributed by atoms with Crippen molar-refractivity contribution in [3.05, 3.63) is 59.6 Å². The van der Waals surface area contributed by atoms with Gasteiger partial charge in [-0.3, -0.25) is 4.79 Å². The van der Waals surface area contributed by atoms with Crippen LogP contribution in [-0.2, 0) is 16.1 Å². The third kappa shape index (κ3) is 5.31. The minimum Gasteiger partial charge on any atom is -0.494 e. The Hall–Kier alpha value is -2.14. The van der Waals surface area contributed by atoms with Gasteiger partial charge in [-0.15, -0.1) is 0 Å². The Balaban J connectivity index is 0.000000589. The molecule has 4 nitrogen and oxygen atoms in total. The molecular weight excluding hydrogens is 381 g/mol. The van der Waals surface area contributed by atoms with Crippen LogP contribution in [0, 0.1) is 17.2 Å². The fourth-order valence-electron chi connectivity index (χ4n) is 4.61. The molecule has 1 aliphatic carbocycles. The van der Waals surface area contributed by atoms with Crippen molar-refractivity contribution in [3.8, 4) is 0 Å². The van der Waals surface area contributed by atoms with Crippen LogP contribution >= 0.6 is 0 Å². The standard InChI is InChI=1S/C21H26FNO3.C4H8/c1-14-10-19(18-3-2-17(22)11-16(18)12-26-14)15-4-8-23(9-5-15)13-21(6-7-21)20(24)25;1-3-4-2/h2-3,11,15,19H,1,4-10,12-13H2,(H,24,25);3-4H,1-2H3/b;4-3-. The van der Waals surface area contributed by atoms with E-state index < -0.39 is 11.4 Å². The Labute approximate surface area is 179 Å². The van der Waals surface area contributed by atoms with Crippen molar-refractivity contribution in [3.63, 3.8) is 0 Å². The van der Waals surface area contributed by atoms with Gasteiger partial charge in [0, 0.05) is 13.0 Å². The maximum Gasteiger partial charge on any atom is 0.310 e. The average molecular weight is 416 g/mol. The quantitative estimate of drug-likeness (QED) is 0.660. The first-order chi connectivity index (χ1) is 14.4. The topological polar surface area (TPSA) is 49.8 Å². The Morgan fingerprint density at radius 1 is 1.30 bits per heavy atom. The van der Waals surface area contributed by atoms with Crippen molar-refractivity contribution in [2.24, 2.45) is 11.3 Å². The molecular formula is C25H34FNO3. The predicted molar refractivity (Wildman–Crippen MR) is 117 cm³/mol. The van der Waals surface area contributed by atoms with Crippen LogP contribution in [0.25, 0.3) is 0 Å². The first-order valence-corrected chi connectivity index (χ1v) is 11.0. The van der Waals surface area contributed by atoms with Crippen LogP contribution in [0.1, 0.15) is 63.0 Å². The van der Waals surface area contributed by atoms with E-state index in [0.29, 0.717) is 25.0 Å². The molecule has 164 valence electrons. The second-order valence-corrected chi connectivity index (χ2v) is 8.85. The smallest absolute Gasteiger partial charge is 0.310 e.